The maximum absolute atomic E-state index is 6.02. The average molecular weight is 284 g/mol. The van der Waals surface area contributed by atoms with E-state index in [2.05, 4.69) is 0 Å². The summed E-state index contributed by atoms with van der Waals surface area (Å²) in [4.78, 5) is 0. The molecule has 19 heavy (non-hydrogen) atoms. The predicted molar refractivity (Wildman–Crippen MR) is 77.9 cm³/mol. The molecule has 3 nitrogen and oxygen atoms in total. The molecule has 0 aromatic heterocycles. The monoisotopic (exact) mass is 283 g/mol. The van der Waals surface area contributed by atoms with Gasteiger partial charge in [0.05, 0.1) is 12.7 Å². The van der Waals surface area contributed by atoms with Crippen molar-refractivity contribution in [2.75, 3.05) is 13.2 Å². The summed E-state index contributed by atoms with van der Waals surface area (Å²) in [5, 5.41) is 0.724. The molecule has 2 atom stereocenters. The van der Waals surface area contributed by atoms with Crippen LogP contribution in [0.15, 0.2) is 18.2 Å². The predicted octanol–water partition coefficient (Wildman–Crippen LogP) is 3.18. The second-order valence-corrected chi connectivity index (χ2v) is 5.64. The molecule has 1 saturated heterocycles. The van der Waals surface area contributed by atoms with Crippen molar-refractivity contribution in [2.24, 2.45) is 5.73 Å². The van der Waals surface area contributed by atoms with Crippen LogP contribution < -0.4 is 10.5 Å². The van der Waals surface area contributed by atoms with Gasteiger partial charge in [-0.15, -0.1) is 0 Å². The van der Waals surface area contributed by atoms with E-state index in [1.807, 2.05) is 25.1 Å². The lowest BCUT2D eigenvalue weighted by Crippen LogP contribution is -2.18. The van der Waals surface area contributed by atoms with Crippen LogP contribution >= 0.6 is 11.6 Å². The van der Waals surface area contributed by atoms with Crippen LogP contribution in [0.5, 0.6) is 5.75 Å². The first-order chi connectivity index (χ1) is 9.15. The van der Waals surface area contributed by atoms with E-state index in [9.17, 15) is 0 Å². The first-order valence-corrected chi connectivity index (χ1v) is 7.31. The van der Waals surface area contributed by atoms with Gasteiger partial charge >= 0.3 is 0 Å². The van der Waals surface area contributed by atoms with Gasteiger partial charge in [-0.3, -0.25) is 0 Å². The van der Waals surface area contributed by atoms with Crippen molar-refractivity contribution >= 4 is 11.6 Å². The van der Waals surface area contributed by atoms with Gasteiger partial charge < -0.3 is 15.2 Å². The number of benzene rings is 1. The largest absolute Gasteiger partial charge is 0.493 e. The Balaban J connectivity index is 1.90. The maximum Gasteiger partial charge on any atom is 0.122 e. The van der Waals surface area contributed by atoms with Gasteiger partial charge in [-0.1, -0.05) is 11.6 Å². The van der Waals surface area contributed by atoms with Crippen LogP contribution in [0, 0.1) is 0 Å². The third-order valence-corrected chi connectivity index (χ3v) is 3.52. The summed E-state index contributed by atoms with van der Waals surface area (Å²) in [6.45, 7) is 3.55. The summed E-state index contributed by atoms with van der Waals surface area (Å²) < 4.78 is 11.4. The molecular weight excluding hydrogens is 262 g/mol. The number of hydrogen-bond acceptors (Lipinski definition) is 3. The molecule has 1 heterocycles. The van der Waals surface area contributed by atoms with Crippen LogP contribution in [-0.4, -0.2) is 25.4 Å². The molecule has 1 aliphatic heterocycles. The first kappa shape index (κ1) is 14.6. The van der Waals surface area contributed by atoms with Crippen LogP contribution in [0.1, 0.15) is 31.7 Å². The molecule has 0 saturated carbocycles. The molecule has 0 radical (unpaired) electrons. The van der Waals surface area contributed by atoms with Crippen molar-refractivity contribution in [1.82, 2.24) is 0 Å². The van der Waals surface area contributed by atoms with E-state index in [0.29, 0.717) is 12.7 Å². The fourth-order valence-corrected chi connectivity index (χ4v) is 2.56. The van der Waals surface area contributed by atoms with Crippen molar-refractivity contribution in [2.45, 2.75) is 44.8 Å². The van der Waals surface area contributed by atoms with Crippen LogP contribution in [0.4, 0.5) is 0 Å². The van der Waals surface area contributed by atoms with E-state index in [1.165, 1.54) is 6.42 Å². The molecule has 1 aromatic carbocycles. The Morgan fingerprint density at radius 1 is 1.53 bits per heavy atom. The highest BCUT2D eigenvalue weighted by molar-refractivity contribution is 6.30. The van der Waals surface area contributed by atoms with Crippen LogP contribution in [0.3, 0.4) is 0 Å². The molecule has 106 valence electrons. The molecule has 1 aromatic rings. The Morgan fingerprint density at radius 2 is 2.37 bits per heavy atom. The molecule has 1 aliphatic rings. The van der Waals surface area contributed by atoms with Gasteiger partial charge in [0.15, 0.2) is 0 Å². The number of halogens is 1. The van der Waals surface area contributed by atoms with Crippen LogP contribution in [0.25, 0.3) is 0 Å². The summed E-state index contributed by atoms with van der Waals surface area (Å²) in [6, 6.07) is 5.81. The second kappa shape index (κ2) is 7.13. The zero-order valence-electron chi connectivity index (χ0n) is 11.4. The quantitative estimate of drug-likeness (QED) is 0.872. The van der Waals surface area contributed by atoms with Gasteiger partial charge in [0.1, 0.15) is 5.75 Å². The zero-order valence-corrected chi connectivity index (χ0v) is 12.2. The molecule has 0 amide bonds. The Hall–Kier alpha value is -0.770. The van der Waals surface area contributed by atoms with Gasteiger partial charge in [0.25, 0.3) is 0 Å². The molecule has 2 N–H and O–H groups in total. The van der Waals surface area contributed by atoms with E-state index < -0.39 is 0 Å². The average Bonchev–Trinajstić information content (AvgIpc) is 2.84. The van der Waals surface area contributed by atoms with Gasteiger partial charge in [-0.05, 0) is 49.9 Å². The van der Waals surface area contributed by atoms with Crippen LogP contribution in [0.2, 0.25) is 5.02 Å². The Morgan fingerprint density at radius 3 is 3.05 bits per heavy atom. The smallest absolute Gasteiger partial charge is 0.122 e. The Bertz CT molecular complexity index is 403. The number of rotatable bonds is 6. The number of hydrogen-bond donors (Lipinski definition) is 1. The third kappa shape index (κ3) is 4.68. The summed E-state index contributed by atoms with van der Waals surface area (Å²) in [5.74, 6) is 0.889. The molecule has 2 unspecified atom stereocenters. The summed E-state index contributed by atoms with van der Waals surface area (Å²) in [5.41, 5.74) is 6.93. The lowest BCUT2D eigenvalue weighted by molar-refractivity contribution is 0.0902. The van der Waals surface area contributed by atoms with E-state index in [0.717, 1.165) is 42.2 Å². The topological polar surface area (TPSA) is 44.5 Å². The van der Waals surface area contributed by atoms with Gasteiger partial charge in [0.2, 0.25) is 0 Å². The lowest BCUT2D eigenvalue weighted by Gasteiger charge is -2.15. The molecule has 0 bridgehead atoms. The van der Waals surface area contributed by atoms with E-state index in [1.54, 1.807) is 0 Å². The van der Waals surface area contributed by atoms with Gasteiger partial charge in [-0.25, -0.2) is 0 Å². The highest BCUT2D eigenvalue weighted by Gasteiger charge is 2.15. The fraction of sp³-hybridized carbons (Fsp3) is 0.600. The minimum Gasteiger partial charge on any atom is -0.493 e. The molecule has 0 spiro atoms. The van der Waals surface area contributed by atoms with Crippen molar-refractivity contribution in [3.63, 3.8) is 0 Å². The second-order valence-electron chi connectivity index (χ2n) is 5.21. The highest BCUT2D eigenvalue weighted by atomic mass is 35.5. The zero-order chi connectivity index (χ0) is 13.7. The van der Waals surface area contributed by atoms with E-state index in [-0.39, 0.29) is 6.04 Å². The number of ether oxygens (including phenoxy) is 2. The van der Waals surface area contributed by atoms with Crippen molar-refractivity contribution in [1.29, 1.82) is 0 Å². The minimum absolute atomic E-state index is 0.0963. The standard InChI is InChI=1S/C15H22ClNO2/c1-11(17)9-12-10-13(16)4-5-15(12)19-8-6-14-3-2-7-18-14/h4-5,10-11,14H,2-3,6-9,17H2,1H3. The normalized spacial score (nSPS) is 20.5. The Labute approximate surface area is 120 Å². The molecule has 2 rings (SSSR count). The summed E-state index contributed by atoms with van der Waals surface area (Å²) in [6.07, 6.45) is 4.40. The molecular formula is C15H22ClNO2. The third-order valence-electron chi connectivity index (χ3n) is 3.29. The number of nitrogens with two attached hydrogens (primary N) is 1. The minimum atomic E-state index is 0.0963. The van der Waals surface area contributed by atoms with E-state index in [4.69, 9.17) is 26.8 Å². The molecule has 0 aliphatic carbocycles. The van der Waals surface area contributed by atoms with E-state index >= 15 is 0 Å². The molecule has 4 heteroatoms. The van der Waals surface area contributed by atoms with Gasteiger partial charge in [-0.2, -0.15) is 0 Å². The SMILES string of the molecule is CC(N)Cc1cc(Cl)ccc1OCCC1CCCO1. The lowest BCUT2D eigenvalue weighted by atomic mass is 10.1. The maximum atomic E-state index is 6.02. The van der Waals surface area contributed by atoms with Crippen molar-refractivity contribution < 1.29 is 9.47 Å². The summed E-state index contributed by atoms with van der Waals surface area (Å²) in [7, 11) is 0. The van der Waals surface area contributed by atoms with Gasteiger partial charge in [0, 0.05) is 24.1 Å². The van der Waals surface area contributed by atoms with Crippen molar-refractivity contribution in [3.05, 3.63) is 28.8 Å². The highest BCUT2D eigenvalue weighted by Crippen LogP contribution is 2.25. The first-order valence-electron chi connectivity index (χ1n) is 6.93. The van der Waals surface area contributed by atoms with Crippen LogP contribution in [-0.2, 0) is 11.2 Å². The summed E-state index contributed by atoms with van der Waals surface area (Å²) >= 11 is 6.02. The fourth-order valence-electron chi connectivity index (χ4n) is 2.37. The molecule has 1 fully saturated rings. The Kier molecular flexibility index (Phi) is 5.49. The van der Waals surface area contributed by atoms with Crippen molar-refractivity contribution in [3.8, 4) is 5.75 Å².